The lowest BCUT2D eigenvalue weighted by atomic mass is 10.0. The standard InChI is InChI=1S/C20H25N5O2/c1-12(2)10-17(20-23-22-14(4)27-20)21-19(26)16-11-18(25(5)24-16)15-8-6-13(3)7-9-15/h6-9,11-12,17H,10H2,1-5H3,(H,21,26). The van der Waals surface area contributed by atoms with E-state index in [0.29, 0.717) is 29.8 Å². The summed E-state index contributed by atoms with van der Waals surface area (Å²) in [4.78, 5) is 12.8. The van der Waals surface area contributed by atoms with E-state index in [9.17, 15) is 4.79 Å². The summed E-state index contributed by atoms with van der Waals surface area (Å²) in [5.74, 6) is 0.997. The summed E-state index contributed by atoms with van der Waals surface area (Å²) in [6, 6.07) is 9.58. The first-order chi connectivity index (χ1) is 12.8. The van der Waals surface area contributed by atoms with E-state index < -0.39 is 0 Å². The van der Waals surface area contributed by atoms with Crippen molar-refractivity contribution >= 4 is 5.91 Å². The van der Waals surface area contributed by atoms with E-state index >= 15 is 0 Å². The Morgan fingerprint density at radius 3 is 2.48 bits per heavy atom. The van der Waals surface area contributed by atoms with Crippen LogP contribution in [0.25, 0.3) is 11.3 Å². The summed E-state index contributed by atoms with van der Waals surface area (Å²) < 4.78 is 7.25. The zero-order valence-electron chi connectivity index (χ0n) is 16.4. The van der Waals surface area contributed by atoms with Crippen LogP contribution in [0.3, 0.4) is 0 Å². The van der Waals surface area contributed by atoms with Gasteiger partial charge in [0, 0.05) is 14.0 Å². The Balaban J connectivity index is 1.82. The monoisotopic (exact) mass is 367 g/mol. The minimum atomic E-state index is -0.344. The van der Waals surface area contributed by atoms with Crippen molar-refractivity contribution in [3.05, 3.63) is 53.4 Å². The molecule has 1 N–H and O–H groups in total. The van der Waals surface area contributed by atoms with Crippen molar-refractivity contribution in [2.45, 2.75) is 40.2 Å². The Morgan fingerprint density at radius 2 is 1.89 bits per heavy atom. The van der Waals surface area contributed by atoms with Crippen LogP contribution >= 0.6 is 0 Å². The molecule has 1 amide bonds. The molecule has 0 fully saturated rings. The smallest absolute Gasteiger partial charge is 0.272 e. The van der Waals surface area contributed by atoms with E-state index in [1.54, 1.807) is 17.7 Å². The van der Waals surface area contributed by atoms with Gasteiger partial charge in [-0.2, -0.15) is 5.10 Å². The highest BCUT2D eigenvalue weighted by atomic mass is 16.4. The third-order valence-corrected chi connectivity index (χ3v) is 4.31. The van der Waals surface area contributed by atoms with Gasteiger partial charge in [-0.25, -0.2) is 0 Å². The molecule has 1 aromatic carbocycles. The fraction of sp³-hybridized carbons (Fsp3) is 0.400. The summed E-state index contributed by atoms with van der Waals surface area (Å²) in [5, 5.41) is 15.3. The number of carbonyl (C=O) groups is 1. The molecule has 7 heteroatoms. The molecule has 2 heterocycles. The van der Waals surface area contributed by atoms with Gasteiger partial charge in [0.05, 0.1) is 5.69 Å². The molecule has 7 nitrogen and oxygen atoms in total. The summed E-state index contributed by atoms with van der Waals surface area (Å²) in [6.07, 6.45) is 0.699. The number of carbonyl (C=O) groups excluding carboxylic acids is 1. The van der Waals surface area contributed by atoms with Gasteiger partial charge in [-0.05, 0) is 30.9 Å². The lowest BCUT2D eigenvalue weighted by molar-refractivity contribution is 0.0918. The van der Waals surface area contributed by atoms with E-state index in [1.807, 2.05) is 38.2 Å². The zero-order chi connectivity index (χ0) is 19.6. The Bertz CT molecular complexity index is 924. The van der Waals surface area contributed by atoms with Gasteiger partial charge in [-0.1, -0.05) is 43.7 Å². The van der Waals surface area contributed by atoms with Gasteiger partial charge in [0.15, 0.2) is 5.69 Å². The lowest BCUT2D eigenvalue weighted by Gasteiger charge is -2.16. The highest BCUT2D eigenvalue weighted by Gasteiger charge is 2.24. The summed E-state index contributed by atoms with van der Waals surface area (Å²) >= 11 is 0. The molecule has 0 saturated heterocycles. The van der Waals surface area contributed by atoms with Crippen LogP contribution in [0.2, 0.25) is 0 Å². The molecule has 0 spiro atoms. The van der Waals surface area contributed by atoms with E-state index in [2.05, 4.69) is 34.5 Å². The van der Waals surface area contributed by atoms with Crippen LogP contribution in [-0.2, 0) is 7.05 Å². The SMILES string of the molecule is Cc1ccc(-c2cc(C(=O)NC(CC(C)C)c3nnc(C)o3)nn2C)cc1. The number of aromatic nitrogens is 4. The Hall–Kier alpha value is -2.96. The van der Waals surface area contributed by atoms with Crippen LogP contribution in [0, 0.1) is 19.8 Å². The van der Waals surface area contributed by atoms with Crippen molar-refractivity contribution in [3.63, 3.8) is 0 Å². The van der Waals surface area contributed by atoms with E-state index in [4.69, 9.17) is 4.42 Å². The summed E-state index contributed by atoms with van der Waals surface area (Å²) in [5.41, 5.74) is 3.44. The molecule has 3 rings (SSSR count). The normalized spacial score (nSPS) is 12.4. The van der Waals surface area contributed by atoms with E-state index in [1.165, 1.54) is 5.56 Å². The highest BCUT2D eigenvalue weighted by molar-refractivity contribution is 5.93. The predicted molar refractivity (Wildman–Crippen MR) is 102 cm³/mol. The highest BCUT2D eigenvalue weighted by Crippen LogP contribution is 2.23. The first-order valence-electron chi connectivity index (χ1n) is 9.05. The van der Waals surface area contributed by atoms with Crippen molar-refractivity contribution in [2.24, 2.45) is 13.0 Å². The molecule has 2 aromatic heterocycles. The van der Waals surface area contributed by atoms with Gasteiger partial charge >= 0.3 is 0 Å². The lowest BCUT2D eigenvalue weighted by Crippen LogP contribution is -2.30. The Kier molecular flexibility index (Phi) is 5.39. The number of benzene rings is 1. The van der Waals surface area contributed by atoms with Crippen LogP contribution in [-0.4, -0.2) is 25.9 Å². The number of nitrogens with zero attached hydrogens (tertiary/aromatic N) is 4. The number of aryl methyl sites for hydroxylation is 3. The molecule has 142 valence electrons. The van der Waals surface area contributed by atoms with Gasteiger partial charge < -0.3 is 9.73 Å². The average molecular weight is 367 g/mol. The van der Waals surface area contributed by atoms with Crippen LogP contribution in [0.15, 0.2) is 34.7 Å². The fourth-order valence-electron chi connectivity index (χ4n) is 2.95. The van der Waals surface area contributed by atoms with Gasteiger partial charge in [0.1, 0.15) is 6.04 Å². The summed E-state index contributed by atoms with van der Waals surface area (Å²) in [7, 11) is 1.83. The minimum absolute atomic E-state index is 0.259. The molecule has 0 bridgehead atoms. The maximum absolute atomic E-state index is 12.8. The van der Waals surface area contributed by atoms with E-state index in [-0.39, 0.29) is 11.9 Å². The molecule has 0 saturated carbocycles. The number of nitrogens with one attached hydrogen (secondary N) is 1. The maximum atomic E-state index is 12.8. The third-order valence-electron chi connectivity index (χ3n) is 4.31. The number of rotatable bonds is 6. The van der Waals surface area contributed by atoms with Gasteiger partial charge in [0.2, 0.25) is 11.8 Å². The Morgan fingerprint density at radius 1 is 1.19 bits per heavy atom. The van der Waals surface area contributed by atoms with Gasteiger partial charge in [-0.3, -0.25) is 9.48 Å². The van der Waals surface area contributed by atoms with Crippen LogP contribution in [0.1, 0.15) is 54.1 Å². The minimum Gasteiger partial charge on any atom is -0.423 e. The van der Waals surface area contributed by atoms with Crippen molar-refractivity contribution in [2.75, 3.05) is 0 Å². The second kappa shape index (κ2) is 7.73. The maximum Gasteiger partial charge on any atom is 0.272 e. The topological polar surface area (TPSA) is 85.8 Å². The second-order valence-corrected chi connectivity index (χ2v) is 7.22. The van der Waals surface area contributed by atoms with Crippen molar-refractivity contribution in [3.8, 4) is 11.3 Å². The molecule has 0 radical (unpaired) electrons. The van der Waals surface area contributed by atoms with Crippen molar-refractivity contribution < 1.29 is 9.21 Å². The molecule has 1 atom stereocenters. The van der Waals surface area contributed by atoms with E-state index in [0.717, 1.165) is 11.3 Å². The molecule has 0 aliphatic heterocycles. The molecule has 0 aliphatic rings. The zero-order valence-corrected chi connectivity index (χ0v) is 16.4. The van der Waals surface area contributed by atoms with Gasteiger partial charge in [0.25, 0.3) is 5.91 Å². The molecular weight excluding hydrogens is 342 g/mol. The largest absolute Gasteiger partial charge is 0.423 e. The van der Waals surface area contributed by atoms with Gasteiger partial charge in [-0.15, -0.1) is 10.2 Å². The van der Waals surface area contributed by atoms with Crippen molar-refractivity contribution in [1.82, 2.24) is 25.3 Å². The first-order valence-corrected chi connectivity index (χ1v) is 9.05. The average Bonchev–Trinajstić information content (AvgIpc) is 3.21. The number of hydrogen-bond acceptors (Lipinski definition) is 5. The molecule has 3 aromatic rings. The molecule has 1 unspecified atom stereocenters. The molecule has 0 aliphatic carbocycles. The number of hydrogen-bond donors (Lipinski definition) is 1. The molecule has 27 heavy (non-hydrogen) atoms. The van der Waals surface area contributed by atoms with Crippen LogP contribution < -0.4 is 5.32 Å². The first kappa shape index (κ1) is 18.8. The summed E-state index contributed by atoms with van der Waals surface area (Å²) in [6.45, 7) is 7.94. The predicted octanol–water partition coefficient (Wildman–Crippen LogP) is 3.60. The second-order valence-electron chi connectivity index (χ2n) is 7.22. The number of amides is 1. The third kappa shape index (κ3) is 4.42. The van der Waals surface area contributed by atoms with Crippen molar-refractivity contribution in [1.29, 1.82) is 0 Å². The molecular formula is C20H25N5O2. The Labute approximate surface area is 158 Å². The van der Waals surface area contributed by atoms with Crippen LogP contribution in [0.5, 0.6) is 0 Å². The quantitative estimate of drug-likeness (QED) is 0.719. The fourth-order valence-corrected chi connectivity index (χ4v) is 2.95. The van der Waals surface area contributed by atoms with Crippen LogP contribution in [0.4, 0.5) is 0 Å².